The third-order valence-electron chi connectivity index (χ3n) is 16.9. The van der Waals surface area contributed by atoms with Gasteiger partial charge in [-0.3, -0.25) is 37.3 Å². The van der Waals surface area contributed by atoms with Crippen molar-refractivity contribution in [1.82, 2.24) is 0 Å². The van der Waals surface area contributed by atoms with Crippen LogP contribution in [0.3, 0.4) is 0 Å². The number of aliphatic hydroxyl groups is 1. The Kier molecular flexibility index (Phi) is 60.3. The highest BCUT2D eigenvalue weighted by atomic mass is 31.2. The molecule has 0 saturated heterocycles. The number of phosphoric ester groups is 2. The maximum Gasteiger partial charge on any atom is 0.472 e. The monoisotopic (exact) mass is 1340 g/mol. The fourth-order valence-electron chi connectivity index (χ4n) is 10.8. The van der Waals surface area contributed by atoms with E-state index in [1.807, 2.05) is 0 Å². The van der Waals surface area contributed by atoms with Gasteiger partial charge in [0.05, 0.1) is 26.4 Å². The Morgan fingerprint density at radius 2 is 0.527 bits per heavy atom. The molecule has 0 aromatic carbocycles. The molecule has 91 heavy (non-hydrogen) atoms. The molecule has 0 bridgehead atoms. The van der Waals surface area contributed by atoms with Crippen molar-refractivity contribution in [2.45, 2.75) is 375 Å². The van der Waals surface area contributed by atoms with Gasteiger partial charge in [-0.05, 0) is 49.4 Å². The average molecular weight is 1340 g/mol. The van der Waals surface area contributed by atoms with Crippen LogP contribution < -0.4 is 0 Å². The molecular weight excluding hydrogens is 1200 g/mol. The van der Waals surface area contributed by atoms with Gasteiger partial charge in [0.15, 0.2) is 12.2 Å². The fraction of sp³-hybridized carbons (Fsp3) is 0.944. The summed E-state index contributed by atoms with van der Waals surface area (Å²) in [4.78, 5) is 72.6. The molecule has 17 nitrogen and oxygen atoms in total. The average Bonchev–Trinajstić information content (AvgIpc) is 3.08. The number of carbonyl (C=O) groups excluding carboxylic acids is 4. The summed E-state index contributed by atoms with van der Waals surface area (Å²) in [5.74, 6) is 0.884. The van der Waals surface area contributed by atoms with Gasteiger partial charge in [0.2, 0.25) is 0 Å². The third-order valence-corrected chi connectivity index (χ3v) is 18.8. The van der Waals surface area contributed by atoms with Crippen molar-refractivity contribution in [2.75, 3.05) is 39.6 Å². The van der Waals surface area contributed by atoms with Gasteiger partial charge < -0.3 is 33.8 Å². The lowest BCUT2D eigenvalue weighted by Crippen LogP contribution is -2.30. The fourth-order valence-corrected chi connectivity index (χ4v) is 12.4. The van der Waals surface area contributed by atoms with Crippen LogP contribution in [0.4, 0.5) is 0 Å². The second-order valence-electron chi connectivity index (χ2n) is 27.6. The number of rotatable bonds is 69. The minimum absolute atomic E-state index is 0.105. The lowest BCUT2D eigenvalue weighted by Gasteiger charge is -2.21. The predicted molar refractivity (Wildman–Crippen MR) is 367 cm³/mol. The first-order valence-electron chi connectivity index (χ1n) is 37.2. The van der Waals surface area contributed by atoms with Gasteiger partial charge in [0, 0.05) is 25.7 Å². The zero-order valence-electron chi connectivity index (χ0n) is 59.5. The number of esters is 4. The van der Waals surface area contributed by atoms with Crippen molar-refractivity contribution in [3.05, 3.63) is 0 Å². The largest absolute Gasteiger partial charge is 0.472 e. The Balaban J connectivity index is 5.24. The van der Waals surface area contributed by atoms with E-state index in [2.05, 4.69) is 55.4 Å². The quantitative estimate of drug-likeness (QED) is 0.0222. The molecule has 0 fully saturated rings. The Morgan fingerprint density at radius 3 is 0.780 bits per heavy atom. The number of ether oxygens (including phenoxy) is 4. The summed E-state index contributed by atoms with van der Waals surface area (Å²) < 4.78 is 68.3. The molecule has 0 radical (unpaired) electrons. The number of unbranched alkanes of at least 4 members (excludes halogenated alkanes) is 34. The zero-order chi connectivity index (χ0) is 67.5. The molecule has 0 rings (SSSR count). The summed E-state index contributed by atoms with van der Waals surface area (Å²) in [6.45, 7) is 14.1. The number of carbonyl (C=O) groups is 4. The minimum Gasteiger partial charge on any atom is -0.462 e. The molecule has 0 spiro atoms. The first-order chi connectivity index (χ1) is 43.6. The SMILES string of the molecule is CCC(C)CCCCCCCCCCCCC(=O)OC[C@H](COP(=O)(O)OC[C@@H](O)COP(=O)(O)OC[C@@H](COC(=O)CCCCCCCCC(C)C)OC(=O)CCCCCCCCCCCCCCCC(C)C)OC(=O)CCCCCCCCCCCC(C)C. The molecule has 0 saturated carbocycles. The Bertz CT molecular complexity index is 1800. The molecule has 6 atom stereocenters. The van der Waals surface area contributed by atoms with E-state index < -0.39 is 97.5 Å². The second-order valence-corrected chi connectivity index (χ2v) is 30.6. The highest BCUT2D eigenvalue weighted by Gasteiger charge is 2.30. The van der Waals surface area contributed by atoms with Crippen molar-refractivity contribution in [3.8, 4) is 0 Å². The summed E-state index contributed by atoms with van der Waals surface area (Å²) in [5.41, 5.74) is 0. The predicted octanol–water partition coefficient (Wildman–Crippen LogP) is 20.5. The maximum atomic E-state index is 13.0. The number of hydrogen-bond donors (Lipinski definition) is 3. The molecular formula is C72H140O17P2. The van der Waals surface area contributed by atoms with Crippen molar-refractivity contribution >= 4 is 39.5 Å². The molecule has 0 heterocycles. The van der Waals surface area contributed by atoms with Crippen LogP contribution in [0.5, 0.6) is 0 Å². The van der Waals surface area contributed by atoms with Crippen molar-refractivity contribution in [3.63, 3.8) is 0 Å². The van der Waals surface area contributed by atoms with Crippen molar-refractivity contribution < 1.29 is 80.2 Å². The molecule has 0 aliphatic heterocycles. The molecule has 540 valence electrons. The van der Waals surface area contributed by atoms with Crippen LogP contribution in [0.25, 0.3) is 0 Å². The van der Waals surface area contributed by atoms with Gasteiger partial charge in [-0.15, -0.1) is 0 Å². The van der Waals surface area contributed by atoms with E-state index in [1.54, 1.807) is 0 Å². The molecule has 0 aromatic heterocycles. The summed E-state index contributed by atoms with van der Waals surface area (Å²) in [6, 6.07) is 0. The van der Waals surface area contributed by atoms with E-state index in [-0.39, 0.29) is 25.7 Å². The summed E-state index contributed by atoms with van der Waals surface area (Å²) >= 11 is 0. The smallest absolute Gasteiger partial charge is 0.462 e. The number of phosphoric acid groups is 2. The third kappa shape index (κ3) is 65.1. The zero-order valence-corrected chi connectivity index (χ0v) is 61.3. The topological polar surface area (TPSA) is 237 Å². The van der Waals surface area contributed by atoms with Gasteiger partial charge in [-0.1, -0.05) is 306 Å². The van der Waals surface area contributed by atoms with Gasteiger partial charge in [0.1, 0.15) is 19.3 Å². The summed E-state index contributed by atoms with van der Waals surface area (Å²) in [6.07, 6.45) is 44.5. The van der Waals surface area contributed by atoms with Crippen LogP contribution in [0, 0.1) is 23.7 Å². The van der Waals surface area contributed by atoms with Crippen LogP contribution in [0.1, 0.15) is 357 Å². The molecule has 0 aliphatic carbocycles. The van der Waals surface area contributed by atoms with E-state index in [9.17, 15) is 43.2 Å². The van der Waals surface area contributed by atoms with E-state index in [4.69, 9.17) is 37.0 Å². The highest BCUT2D eigenvalue weighted by Crippen LogP contribution is 2.45. The second kappa shape index (κ2) is 61.6. The van der Waals surface area contributed by atoms with Gasteiger partial charge >= 0.3 is 39.5 Å². The normalized spacial score (nSPS) is 14.5. The molecule has 0 aromatic rings. The van der Waals surface area contributed by atoms with E-state index in [0.29, 0.717) is 31.6 Å². The van der Waals surface area contributed by atoms with Gasteiger partial charge in [0.25, 0.3) is 0 Å². The van der Waals surface area contributed by atoms with Crippen molar-refractivity contribution in [2.24, 2.45) is 23.7 Å². The molecule has 19 heteroatoms. The first kappa shape index (κ1) is 89.1. The molecule has 3 N–H and O–H groups in total. The molecule has 0 amide bonds. The van der Waals surface area contributed by atoms with Crippen LogP contribution >= 0.6 is 15.6 Å². The summed E-state index contributed by atoms with van der Waals surface area (Å²) in [7, 11) is -9.91. The van der Waals surface area contributed by atoms with Crippen LogP contribution in [0.15, 0.2) is 0 Å². The Morgan fingerprint density at radius 1 is 0.308 bits per heavy atom. The number of aliphatic hydroxyl groups excluding tert-OH is 1. The van der Waals surface area contributed by atoms with Gasteiger partial charge in [-0.25, -0.2) is 9.13 Å². The minimum atomic E-state index is -4.95. The van der Waals surface area contributed by atoms with E-state index in [1.165, 1.54) is 154 Å². The van der Waals surface area contributed by atoms with E-state index >= 15 is 0 Å². The van der Waals surface area contributed by atoms with Crippen LogP contribution in [-0.4, -0.2) is 96.7 Å². The maximum absolute atomic E-state index is 13.0. The van der Waals surface area contributed by atoms with Crippen LogP contribution in [0.2, 0.25) is 0 Å². The first-order valence-corrected chi connectivity index (χ1v) is 40.2. The van der Waals surface area contributed by atoms with Crippen LogP contribution in [-0.2, 0) is 65.4 Å². The summed E-state index contributed by atoms with van der Waals surface area (Å²) in [5, 5.41) is 10.6. The lowest BCUT2D eigenvalue weighted by atomic mass is 9.99. The molecule has 3 unspecified atom stereocenters. The highest BCUT2D eigenvalue weighted by molar-refractivity contribution is 7.47. The Hall–Kier alpha value is -1.94. The van der Waals surface area contributed by atoms with Gasteiger partial charge in [-0.2, -0.15) is 0 Å². The molecule has 0 aliphatic rings. The van der Waals surface area contributed by atoms with E-state index in [0.717, 1.165) is 114 Å². The lowest BCUT2D eigenvalue weighted by molar-refractivity contribution is -0.161. The Labute approximate surface area is 556 Å². The van der Waals surface area contributed by atoms with Crippen molar-refractivity contribution in [1.29, 1.82) is 0 Å². The number of hydrogen-bond acceptors (Lipinski definition) is 15. The standard InChI is InChI=1S/C72H140O17P2/c1-9-65(8)51-43-35-26-20-15-16-21-27-36-44-52-69(74)82-58-67(88-72(77)55-47-39-29-23-17-19-25-33-41-49-63(4)5)60-86-90(78,79)84-56-66(73)57-85-91(80,81)87-61-68(59-83-70(75)53-45-37-31-30-34-42-50-64(6)7)89-71(76)54-46-38-28-22-14-12-10-11-13-18-24-32-40-48-62(2)3/h62-68,73H,9-61H2,1-8H3,(H,78,79)(H,80,81)/t65?,66-,67-,68-/m1/s1.